The number of nitrogens with one attached hydrogen (secondary N) is 1. The second-order valence-corrected chi connectivity index (χ2v) is 8.58. The van der Waals surface area contributed by atoms with Gasteiger partial charge in [-0.3, -0.25) is 15.0 Å². The van der Waals surface area contributed by atoms with Gasteiger partial charge in [-0.2, -0.15) is 0 Å². The van der Waals surface area contributed by atoms with Gasteiger partial charge in [0.1, 0.15) is 29.6 Å². The number of aryl methyl sites for hydroxylation is 2. The van der Waals surface area contributed by atoms with Crippen LogP contribution in [-0.2, 0) is 16.1 Å². The van der Waals surface area contributed by atoms with Crippen LogP contribution in [0.25, 0.3) is 0 Å². The Morgan fingerprint density at radius 3 is 2.72 bits per heavy atom. The first-order valence-electron chi connectivity index (χ1n) is 9.63. The lowest BCUT2D eigenvalue weighted by atomic mass is 9.92. The molecule has 1 aliphatic rings. The maximum atomic E-state index is 12.2. The third kappa shape index (κ3) is 6.20. The summed E-state index contributed by atoms with van der Waals surface area (Å²) < 4.78 is 10.8. The maximum absolute atomic E-state index is 12.2. The molecule has 3 rings (SSSR count). The van der Waals surface area contributed by atoms with Crippen LogP contribution in [0, 0.1) is 13.8 Å². The summed E-state index contributed by atoms with van der Waals surface area (Å²) in [6.45, 7) is 6.25. The van der Waals surface area contributed by atoms with Gasteiger partial charge in [0, 0.05) is 20.2 Å². The van der Waals surface area contributed by atoms with Crippen molar-refractivity contribution >= 4 is 22.4 Å². The highest BCUT2D eigenvalue weighted by atomic mass is 32.1. The number of carbonyl (C=O) groups is 1. The van der Waals surface area contributed by atoms with E-state index < -0.39 is 5.60 Å². The fourth-order valence-electron chi connectivity index (χ4n) is 3.14. The van der Waals surface area contributed by atoms with Gasteiger partial charge in [-0.05, 0) is 49.9 Å². The molecular weight excluding hydrogens is 392 g/mol. The molecule has 158 valence electrons. The number of piperidine rings is 1. The number of aliphatic hydroxyl groups is 1. The van der Waals surface area contributed by atoms with Crippen molar-refractivity contribution in [1.29, 1.82) is 0 Å². The molecule has 8 nitrogen and oxygen atoms in total. The number of rotatable bonds is 8. The lowest BCUT2D eigenvalue weighted by molar-refractivity contribution is -0.119. The predicted octanol–water partition coefficient (Wildman–Crippen LogP) is 2.15. The van der Waals surface area contributed by atoms with E-state index in [4.69, 9.17) is 9.47 Å². The number of methoxy groups -OCH3 is 1. The van der Waals surface area contributed by atoms with Crippen LogP contribution >= 0.6 is 11.3 Å². The first-order chi connectivity index (χ1) is 13.9. The highest BCUT2D eigenvalue weighted by Crippen LogP contribution is 2.25. The molecule has 0 spiro atoms. The number of likely N-dealkylation sites (tertiary alicyclic amines) is 1. The van der Waals surface area contributed by atoms with Crippen molar-refractivity contribution in [2.24, 2.45) is 0 Å². The highest BCUT2D eigenvalue weighted by Gasteiger charge is 2.33. The Morgan fingerprint density at radius 2 is 2.03 bits per heavy atom. The standard InChI is InChI=1S/C20H28N4O4S/c1-14-4-5-16(10-15(14)2)28-13-20(26)6-8-24(9-7-20)11-17(25)21-19-23-22-18(29-19)12-27-3/h4-5,10,26H,6-9,11-13H2,1-3H3,(H,21,23,25). The SMILES string of the molecule is COCc1nnc(NC(=O)CN2CCC(O)(COc3ccc(C)c(C)c3)CC2)s1. The van der Waals surface area contributed by atoms with Crippen LogP contribution in [-0.4, -0.2) is 65.1 Å². The van der Waals surface area contributed by atoms with Crippen molar-refractivity contribution < 1.29 is 19.4 Å². The fraction of sp³-hybridized carbons (Fsp3) is 0.550. The minimum atomic E-state index is -0.875. The van der Waals surface area contributed by atoms with Gasteiger partial charge in [0.25, 0.3) is 0 Å². The molecule has 0 saturated carbocycles. The number of carbonyl (C=O) groups excluding carboxylic acids is 1. The lowest BCUT2D eigenvalue weighted by Crippen LogP contribution is -2.49. The van der Waals surface area contributed by atoms with Gasteiger partial charge in [0.05, 0.1) is 6.54 Å². The molecule has 2 heterocycles. The Balaban J connectivity index is 1.42. The zero-order chi connectivity index (χ0) is 20.9. The predicted molar refractivity (Wildman–Crippen MR) is 111 cm³/mol. The van der Waals surface area contributed by atoms with E-state index in [1.165, 1.54) is 22.5 Å². The van der Waals surface area contributed by atoms with E-state index in [-0.39, 0.29) is 19.1 Å². The molecule has 1 fully saturated rings. The summed E-state index contributed by atoms with van der Waals surface area (Å²) in [7, 11) is 1.59. The molecule has 1 aromatic heterocycles. The minimum absolute atomic E-state index is 0.137. The molecule has 0 unspecified atom stereocenters. The van der Waals surface area contributed by atoms with Gasteiger partial charge in [0.15, 0.2) is 0 Å². The van der Waals surface area contributed by atoms with Gasteiger partial charge in [-0.1, -0.05) is 17.4 Å². The van der Waals surface area contributed by atoms with Crippen LogP contribution in [0.4, 0.5) is 5.13 Å². The molecule has 1 aromatic carbocycles. The topological polar surface area (TPSA) is 96.8 Å². The highest BCUT2D eigenvalue weighted by molar-refractivity contribution is 7.15. The van der Waals surface area contributed by atoms with E-state index >= 15 is 0 Å². The number of ether oxygens (including phenoxy) is 2. The van der Waals surface area contributed by atoms with Crippen molar-refractivity contribution in [2.45, 2.75) is 38.9 Å². The van der Waals surface area contributed by atoms with E-state index in [0.29, 0.717) is 37.7 Å². The fourth-order valence-corrected chi connectivity index (χ4v) is 3.87. The molecule has 9 heteroatoms. The Hall–Kier alpha value is -2.07. The average molecular weight is 421 g/mol. The number of anilines is 1. The van der Waals surface area contributed by atoms with Crippen LogP contribution < -0.4 is 10.1 Å². The maximum Gasteiger partial charge on any atom is 0.240 e. The second kappa shape index (κ2) is 9.62. The number of aromatic nitrogens is 2. The summed E-state index contributed by atoms with van der Waals surface area (Å²) in [5.74, 6) is 0.634. The number of amides is 1. The first-order valence-corrected chi connectivity index (χ1v) is 10.4. The lowest BCUT2D eigenvalue weighted by Gasteiger charge is -2.37. The second-order valence-electron chi connectivity index (χ2n) is 7.52. The van der Waals surface area contributed by atoms with Crippen LogP contribution in [0.2, 0.25) is 0 Å². The van der Waals surface area contributed by atoms with E-state index in [0.717, 1.165) is 10.8 Å². The Labute approximate surface area is 174 Å². The Morgan fingerprint density at radius 1 is 1.28 bits per heavy atom. The molecule has 1 saturated heterocycles. The molecule has 0 aliphatic carbocycles. The van der Waals surface area contributed by atoms with E-state index in [9.17, 15) is 9.90 Å². The molecular formula is C20H28N4O4S. The van der Waals surface area contributed by atoms with E-state index in [2.05, 4.69) is 22.4 Å². The van der Waals surface area contributed by atoms with E-state index in [1.807, 2.05) is 30.0 Å². The van der Waals surface area contributed by atoms with Gasteiger partial charge < -0.3 is 14.6 Å². The van der Waals surface area contributed by atoms with Crippen molar-refractivity contribution in [3.8, 4) is 5.75 Å². The summed E-state index contributed by atoms with van der Waals surface area (Å²) in [5, 5.41) is 22.7. The third-order valence-corrected chi connectivity index (χ3v) is 5.93. The van der Waals surface area contributed by atoms with Crippen molar-refractivity contribution in [3.05, 3.63) is 34.3 Å². The van der Waals surface area contributed by atoms with Gasteiger partial charge in [-0.25, -0.2) is 0 Å². The number of benzene rings is 1. The molecule has 1 aliphatic heterocycles. The average Bonchev–Trinajstić information content (AvgIpc) is 3.12. The smallest absolute Gasteiger partial charge is 0.240 e. The van der Waals surface area contributed by atoms with Gasteiger partial charge in [0.2, 0.25) is 11.0 Å². The molecule has 1 amide bonds. The minimum Gasteiger partial charge on any atom is -0.491 e. The van der Waals surface area contributed by atoms with Crippen LogP contribution in [0.1, 0.15) is 29.0 Å². The van der Waals surface area contributed by atoms with Crippen molar-refractivity contribution in [3.63, 3.8) is 0 Å². The normalized spacial score (nSPS) is 16.6. The van der Waals surface area contributed by atoms with Gasteiger partial charge >= 0.3 is 0 Å². The number of hydrogen-bond donors (Lipinski definition) is 2. The summed E-state index contributed by atoms with van der Waals surface area (Å²) >= 11 is 1.30. The zero-order valence-corrected chi connectivity index (χ0v) is 17.9. The molecule has 0 radical (unpaired) electrons. The van der Waals surface area contributed by atoms with Crippen molar-refractivity contribution in [2.75, 3.05) is 38.7 Å². The Kier molecular flexibility index (Phi) is 7.18. The Bertz CT molecular complexity index is 834. The summed E-state index contributed by atoms with van der Waals surface area (Å²) in [4.78, 5) is 14.3. The summed E-state index contributed by atoms with van der Waals surface area (Å²) in [6, 6.07) is 5.94. The number of hydrogen-bond acceptors (Lipinski definition) is 8. The van der Waals surface area contributed by atoms with E-state index in [1.54, 1.807) is 7.11 Å². The molecule has 0 bridgehead atoms. The summed E-state index contributed by atoms with van der Waals surface area (Å²) in [6.07, 6.45) is 1.11. The molecule has 0 atom stereocenters. The summed E-state index contributed by atoms with van der Waals surface area (Å²) in [5.41, 5.74) is 1.51. The third-order valence-electron chi connectivity index (χ3n) is 5.12. The quantitative estimate of drug-likeness (QED) is 0.675. The molecule has 29 heavy (non-hydrogen) atoms. The van der Waals surface area contributed by atoms with Crippen LogP contribution in [0.15, 0.2) is 18.2 Å². The monoisotopic (exact) mass is 420 g/mol. The molecule has 2 N–H and O–H groups in total. The largest absolute Gasteiger partial charge is 0.491 e. The van der Waals surface area contributed by atoms with Crippen molar-refractivity contribution in [1.82, 2.24) is 15.1 Å². The first kappa shape index (κ1) is 21.6. The van der Waals surface area contributed by atoms with Crippen LogP contribution in [0.5, 0.6) is 5.75 Å². The molecule has 2 aromatic rings. The van der Waals surface area contributed by atoms with Gasteiger partial charge in [-0.15, -0.1) is 10.2 Å². The van der Waals surface area contributed by atoms with Crippen LogP contribution in [0.3, 0.4) is 0 Å². The zero-order valence-electron chi connectivity index (χ0n) is 17.1. The number of nitrogens with zero attached hydrogens (tertiary/aromatic N) is 3.